The van der Waals surface area contributed by atoms with E-state index in [1.165, 1.54) is 5.56 Å². The molecule has 2 aromatic carbocycles. The Balaban J connectivity index is 0.00000361. The molecule has 2 heterocycles. The molecule has 2 atom stereocenters. The Morgan fingerprint density at radius 1 is 1.11 bits per heavy atom. The zero-order chi connectivity index (χ0) is 25.3. The number of hydrogen-bond donors (Lipinski definition) is 0. The van der Waals surface area contributed by atoms with Gasteiger partial charge in [-0.2, -0.15) is 0 Å². The predicted molar refractivity (Wildman–Crippen MR) is 149 cm³/mol. The summed E-state index contributed by atoms with van der Waals surface area (Å²) in [5, 5.41) is 0. The summed E-state index contributed by atoms with van der Waals surface area (Å²) in [5.74, 6) is 1.89. The maximum atomic E-state index is 13.2. The van der Waals surface area contributed by atoms with E-state index in [4.69, 9.17) is 14.5 Å². The first-order valence-electron chi connectivity index (χ1n) is 12.8. The van der Waals surface area contributed by atoms with Gasteiger partial charge >= 0.3 is 0 Å². The number of fused-ring (bicyclic) bond motifs is 3. The number of ether oxygens (including phenoxy) is 2. The smallest absolute Gasteiger partial charge is 0.254 e. The Hall–Kier alpha value is -2.57. The number of methoxy groups -OCH3 is 1. The van der Waals surface area contributed by atoms with Gasteiger partial charge < -0.3 is 19.3 Å². The number of nitrogens with zero attached hydrogens (tertiary/aromatic N) is 3. The van der Waals surface area contributed by atoms with Crippen LogP contribution >= 0.6 is 12.4 Å². The van der Waals surface area contributed by atoms with Crippen molar-refractivity contribution in [1.29, 1.82) is 0 Å². The lowest BCUT2D eigenvalue weighted by atomic mass is 9.79. The van der Waals surface area contributed by atoms with Gasteiger partial charge in [0.1, 0.15) is 0 Å². The molecule has 2 aromatic rings. The Kier molecular flexibility index (Phi) is 9.07. The highest BCUT2D eigenvalue weighted by molar-refractivity contribution is 6.15. The van der Waals surface area contributed by atoms with Gasteiger partial charge in [-0.1, -0.05) is 12.1 Å². The first-order chi connectivity index (χ1) is 16.7. The van der Waals surface area contributed by atoms with Crippen LogP contribution in [0.1, 0.15) is 74.0 Å². The van der Waals surface area contributed by atoms with Crippen LogP contribution in [-0.2, 0) is 0 Å². The third kappa shape index (κ3) is 5.40. The summed E-state index contributed by atoms with van der Waals surface area (Å²) in [6.45, 7) is 12.8. The van der Waals surface area contributed by atoms with Crippen molar-refractivity contribution >= 4 is 24.0 Å². The van der Waals surface area contributed by atoms with Crippen LogP contribution in [0.2, 0.25) is 0 Å². The highest BCUT2D eigenvalue weighted by Crippen LogP contribution is 2.42. The number of aliphatic imine (C=N–C) groups is 1. The van der Waals surface area contributed by atoms with E-state index < -0.39 is 0 Å². The van der Waals surface area contributed by atoms with Crippen molar-refractivity contribution in [3.05, 3.63) is 58.7 Å². The molecule has 0 aromatic heterocycles. The number of likely N-dealkylation sites (N-methyl/N-ethyl adjacent to an activating group) is 1. The van der Waals surface area contributed by atoms with Crippen LogP contribution in [0.15, 0.2) is 41.4 Å². The first kappa shape index (κ1) is 28.0. The fraction of sp³-hybridized carbons (Fsp3) is 0.517. The molecule has 1 saturated heterocycles. The zero-order valence-corrected chi connectivity index (χ0v) is 23.4. The normalized spacial score (nSPS) is 19.2. The average Bonchev–Trinajstić information content (AvgIpc) is 2.83. The Morgan fingerprint density at radius 3 is 2.36 bits per heavy atom. The molecule has 2 aliphatic heterocycles. The largest absolute Gasteiger partial charge is 0.493 e. The standard InChI is InChI=1S/C29H39N3O3.ClH/c1-8-35-27-16-23-22(15-26(27)34-7)24-17-31(6)14-13-25(24)30-28(23)20-9-11-21(12-10-20)29(33)32(18(2)3)19(4)5;/h9-12,15-16,18-19,24-25H,8,13-14,17H2,1-7H3;1H/t24-,25-;/m0./s1. The van der Waals surface area contributed by atoms with Crippen LogP contribution in [-0.4, -0.2) is 73.4 Å². The summed E-state index contributed by atoms with van der Waals surface area (Å²) in [7, 11) is 3.87. The first-order valence-corrected chi connectivity index (χ1v) is 12.8. The number of carbonyl (C=O) groups is 1. The summed E-state index contributed by atoms with van der Waals surface area (Å²) in [6, 6.07) is 12.7. The molecule has 0 unspecified atom stereocenters. The van der Waals surface area contributed by atoms with Gasteiger partial charge in [-0.25, -0.2) is 0 Å². The third-order valence-corrected chi connectivity index (χ3v) is 7.12. The maximum absolute atomic E-state index is 13.2. The minimum atomic E-state index is 0. The Morgan fingerprint density at radius 2 is 1.78 bits per heavy atom. The van der Waals surface area contributed by atoms with Gasteiger partial charge in [0.25, 0.3) is 5.91 Å². The SMILES string of the molecule is CCOc1cc2c(cc1OC)[C@@H]1CN(C)CC[C@@H]1N=C2c1ccc(C(=O)N(C(C)C)C(C)C)cc1.Cl. The number of likely N-dealkylation sites (tertiary alicyclic amines) is 1. The zero-order valence-electron chi connectivity index (χ0n) is 22.6. The molecule has 4 rings (SSSR count). The average molecular weight is 514 g/mol. The summed E-state index contributed by atoms with van der Waals surface area (Å²) < 4.78 is 11.6. The number of piperidine rings is 1. The maximum Gasteiger partial charge on any atom is 0.254 e. The quantitative estimate of drug-likeness (QED) is 0.496. The molecular formula is C29H40ClN3O3. The van der Waals surface area contributed by atoms with Crippen molar-refractivity contribution in [1.82, 2.24) is 9.80 Å². The lowest BCUT2D eigenvalue weighted by molar-refractivity contribution is 0.0643. The van der Waals surface area contributed by atoms with E-state index in [0.29, 0.717) is 18.1 Å². The minimum absolute atomic E-state index is 0. The highest BCUT2D eigenvalue weighted by Gasteiger charge is 2.36. The molecule has 0 radical (unpaired) electrons. The van der Waals surface area contributed by atoms with E-state index in [-0.39, 0.29) is 36.4 Å². The van der Waals surface area contributed by atoms with Crippen LogP contribution in [0.25, 0.3) is 0 Å². The molecule has 0 spiro atoms. The molecule has 196 valence electrons. The molecule has 0 N–H and O–H groups in total. The molecule has 0 bridgehead atoms. The molecule has 6 nitrogen and oxygen atoms in total. The van der Waals surface area contributed by atoms with Crippen molar-refractivity contribution in [2.24, 2.45) is 4.99 Å². The van der Waals surface area contributed by atoms with Gasteiger partial charge in [0.15, 0.2) is 11.5 Å². The van der Waals surface area contributed by atoms with E-state index in [1.54, 1.807) is 7.11 Å². The van der Waals surface area contributed by atoms with Crippen LogP contribution in [0, 0.1) is 0 Å². The summed E-state index contributed by atoms with van der Waals surface area (Å²) in [4.78, 5) is 22.8. The second-order valence-corrected chi connectivity index (χ2v) is 10.2. The van der Waals surface area contributed by atoms with Gasteiger partial charge in [0.2, 0.25) is 0 Å². The van der Waals surface area contributed by atoms with Crippen molar-refractivity contribution < 1.29 is 14.3 Å². The van der Waals surface area contributed by atoms with Gasteiger partial charge in [-0.05, 0) is 84.5 Å². The van der Waals surface area contributed by atoms with Gasteiger partial charge in [-0.15, -0.1) is 12.4 Å². The van der Waals surface area contributed by atoms with Gasteiger partial charge in [-0.3, -0.25) is 9.79 Å². The molecule has 0 saturated carbocycles. The molecule has 0 aliphatic carbocycles. The topological polar surface area (TPSA) is 54.4 Å². The molecular weight excluding hydrogens is 474 g/mol. The Labute approximate surface area is 222 Å². The summed E-state index contributed by atoms with van der Waals surface area (Å²) >= 11 is 0. The molecule has 36 heavy (non-hydrogen) atoms. The fourth-order valence-corrected chi connectivity index (χ4v) is 5.53. The molecule has 2 aliphatic rings. The highest BCUT2D eigenvalue weighted by atomic mass is 35.5. The van der Waals surface area contributed by atoms with E-state index >= 15 is 0 Å². The van der Waals surface area contributed by atoms with Crippen molar-refractivity contribution in [2.45, 2.75) is 65.1 Å². The van der Waals surface area contributed by atoms with Crippen LogP contribution in [0.4, 0.5) is 0 Å². The van der Waals surface area contributed by atoms with Crippen LogP contribution in [0.3, 0.4) is 0 Å². The number of amides is 1. The number of halogens is 1. The van der Waals surface area contributed by atoms with E-state index in [1.807, 2.05) is 36.1 Å². The fourth-order valence-electron chi connectivity index (χ4n) is 5.53. The van der Waals surface area contributed by atoms with Crippen LogP contribution in [0.5, 0.6) is 11.5 Å². The lowest BCUT2D eigenvalue weighted by Crippen LogP contribution is -2.42. The lowest BCUT2D eigenvalue weighted by Gasteiger charge is -2.39. The van der Waals surface area contributed by atoms with Crippen molar-refractivity contribution in [3.8, 4) is 11.5 Å². The van der Waals surface area contributed by atoms with Crippen molar-refractivity contribution in [3.63, 3.8) is 0 Å². The Bertz CT molecular complexity index is 1090. The van der Waals surface area contributed by atoms with E-state index in [0.717, 1.165) is 47.8 Å². The van der Waals surface area contributed by atoms with Gasteiger partial charge in [0.05, 0.1) is 25.5 Å². The second-order valence-electron chi connectivity index (χ2n) is 10.2. The third-order valence-electron chi connectivity index (χ3n) is 7.12. The molecule has 1 amide bonds. The second kappa shape index (κ2) is 11.7. The predicted octanol–water partition coefficient (Wildman–Crippen LogP) is 5.41. The van der Waals surface area contributed by atoms with Gasteiger partial charge in [0, 0.05) is 41.2 Å². The monoisotopic (exact) mass is 513 g/mol. The number of hydrogen-bond acceptors (Lipinski definition) is 5. The number of carbonyl (C=O) groups excluding carboxylic acids is 1. The molecule has 7 heteroatoms. The molecule has 1 fully saturated rings. The minimum Gasteiger partial charge on any atom is -0.493 e. The summed E-state index contributed by atoms with van der Waals surface area (Å²) in [5.41, 5.74) is 5.05. The van der Waals surface area contributed by atoms with Crippen LogP contribution < -0.4 is 9.47 Å². The van der Waals surface area contributed by atoms with Crippen molar-refractivity contribution in [2.75, 3.05) is 33.9 Å². The number of rotatable bonds is 7. The van der Waals surface area contributed by atoms with E-state index in [9.17, 15) is 4.79 Å². The number of benzene rings is 2. The van der Waals surface area contributed by atoms with E-state index in [2.05, 4.69) is 51.8 Å². The summed E-state index contributed by atoms with van der Waals surface area (Å²) in [6.07, 6.45) is 1.02.